The SMILES string of the molecule is Cc1cccc(N2C(=O)OCC2C(O)C(O)C(O)CO)c1. The fraction of sp³-hybridized carbons (Fsp3) is 0.500. The third-order valence-corrected chi connectivity index (χ3v) is 3.51. The first-order valence-corrected chi connectivity index (χ1v) is 6.63. The van der Waals surface area contributed by atoms with Crippen molar-refractivity contribution in [1.82, 2.24) is 0 Å². The summed E-state index contributed by atoms with van der Waals surface area (Å²) in [5, 5.41) is 38.2. The van der Waals surface area contributed by atoms with Crippen molar-refractivity contribution >= 4 is 11.8 Å². The van der Waals surface area contributed by atoms with Crippen LogP contribution in [0.25, 0.3) is 0 Å². The number of cyclic esters (lactones) is 1. The molecule has 2 rings (SSSR count). The molecule has 1 saturated heterocycles. The Labute approximate surface area is 122 Å². The molecule has 116 valence electrons. The fourth-order valence-electron chi connectivity index (χ4n) is 2.33. The molecule has 1 amide bonds. The van der Waals surface area contributed by atoms with Gasteiger partial charge in [0.15, 0.2) is 0 Å². The number of aliphatic hydroxyl groups excluding tert-OH is 4. The minimum absolute atomic E-state index is 0.108. The molecule has 0 aliphatic carbocycles. The quantitative estimate of drug-likeness (QED) is 0.577. The Bertz CT molecular complexity index is 508. The van der Waals surface area contributed by atoms with Crippen LogP contribution in [0.1, 0.15) is 5.56 Å². The molecule has 0 radical (unpaired) electrons. The second kappa shape index (κ2) is 6.40. The number of anilines is 1. The van der Waals surface area contributed by atoms with E-state index in [2.05, 4.69) is 0 Å². The van der Waals surface area contributed by atoms with Crippen molar-refractivity contribution in [3.63, 3.8) is 0 Å². The number of aryl methyl sites for hydroxylation is 1. The lowest BCUT2D eigenvalue weighted by Gasteiger charge is -2.30. The number of nitrogens with zero attached hydrogens (tertiary/aromatic N) is 1. The van der Waals surface area contributed by atoms with Gasteiger partial charge in [0.2, 0.25) is 0 Å². The van der Waals surface area contributed by atoms with Crippen LogP contribution < -0.4 is 4.90 Å². The maximum atomic E-state index is 11.9. The number of hydrogen-bond donors (Lipinski definition) is 4. The average Bonchev–Trinajstić information content (AvgIpc) is 2.86. The molecule has 1 aliphatic rings. The number of ether oxygens (including phenoxy) is 1. The van der Waals surface area contributed by atoms with Crippen molar-refractivity contribution < 1.29 is 30.0 Å². The lowest BCUT2D eigenvalue weighted by Crippen LogP contribution is -2.52. The van der Waals surface area contributed by atoms with Gasteiger partial charge >= 0.3 is 6.09 Å². The number of aliphatic hydroxyl groups is 4. The predicted octanol–water partition coefficient (Wildman–Crippen LogP) is -0.605. The van der Waals surface area contributed by atoms with Gasteiger partial charge in [-0.15, -0.1) is 0 Å². The zero-order chi connectivity index (χ0) is 15.6. The molecule has 1 aromatic rings. The third-order valence-electron chi connectivity index (χ3n) is 3.51. The van der Waals surface area contributed by atoms with Crippen molar-refractivity contribution in [3.8, 4) is 0 Å². The Hall–Kier alpha value is -1.67. The maximum Gasteiger partial charge on any atom is 0.414 e. The van der Waals surface area contributed by atoms with Crippen LogP contribution in [0.15, 0.2) is 24.3 Å². The highest BCUT2D eigenvalue weighted by atomic mass is 16.6. The van der Waals surface area contributed by atoms with E-state index in [9.17, 15) is 20.1 Å². The lowest BCUT2D eigenvalue weighted by molar-refractivity contribution is -0.0836. The average molecular weight is 297 g/mol. The Balaban J connectivity index is 2.24. The van der Waals surface area contributed by atoms with Gasteiger partial charge in [0.05, 0.1) is 6.61 Å². The number of benzene rings is 1. The molecule has 1 heterocycles. The molecule has 4 atom stereocenters. The van der Waals surface area contributed by atoms with Crippen molar-refractivity contribution in [2.45, 2.75) is 31.3 Å². The number of rotatable bonds is 5. The van der Waals surface area contributed by atoms with Crippen LogP contribution in [-0.2, 0) is 4.74 Å². The van der Waals surface area contributed by atoms with E-state index in [1.54, 1.807) is 18.2 Å². The lowest BCUT2D eigenvalue weighted by atomic mass is 10.0. The molecular formula is C14H19NO6. The summed E-state index contributed by atoms with van der Waals surface area (Å²) in [4.78, 5) is 13.1. The van der Waals surface area contributed by atoms with E-state index in [1.165, 1.54) is 4.90 Å². The topological polar surface area (TPSA) is 110 Å². The second-order valence-electron chi connectivity index (χ2n) is 5.08. The summed E-state index contributed by atoms with van der Waals surface area (Å²) >= 11 is 0. The molecule has 7 heteroatoms. The Morgan fingerprint density at radius 1 is 1.38 bits per heavy atom. The molecule has 21 heavy (non-hydrogen) atoms. The van der Waals surface area contributed by atoms with E-state index in [0.29, 0.717) is 5.69 Å². The maximum absolute atomic E-state index is 11.9. The van der Waals surface area contributed by atoms with Gasteiger partial charge in [0.1, 0.15) is 31.0 Å². The molecule has 0 spiro atoms. The van der Waals surface area contributed by atoms with Crippen molar-refractivity contribution in [2.24, 2.45) is 0 Å². The molecule has 4 unspecified atom stereocenters. The largest absolute Gasteiger partial charge is 0.447 e. The standard InChI is InChI=1S/C14H19NO6/c1-8-3-2-4-9(5-8)15-10(7-21-14(15)20)12(18)13(19)11(17)6-16/h2-5,10-13,16-19H,6-7H2,1H3. The summed E-state index contributed by atoms with van der Waals surface area (Å²) in [6.45, 7) is 1.06. The monoisotopic (exact) mass is 297 g/mol. The minimum atomic E-state index is -1.58. The predicted molar refractivity (Wildman–Crippen MR) is 73.9 cm³/mol. The van der Waals surface area contributed by atoms with E-state index in [0.717, 1.165) is 5.56 Å². The van der Waals surface area contributed by atoms with E-state index >= 15 is 0 Å². The number of carbonyl (C=O) groups excluding carboxylic acids is 1. The van der Waals surface area contributed by atoms with E-state index < -0.39 is 37.1 Å². The van der Waals surface area contributed by atoms with Crippen molar-refractivity contribution in [3.05, 3.63) is 29.8 Å². The molecule has 0 bridgehead atoms. The Kier molecular flexibility index (Phi) is 4.79. The number of hydrogen-bond acceptors (Lipinski definition) is 6. The van der Waals surface area contributed by atoms with E-state index in [-0.39, 0.29) is 6.61 Å². The number of carbonyl (C=O) groups is 1. The summed E-state index contributed by atoms with van der Waals surface area (Å²) < 4.78 is 4.93. The van der Waals surface area contributed by atoms with Gasteiger partial charge in [-0.1, -0.05) is 12.1 Å². The van der Waals surface area contributed by atoms with Gasteiger partial charge in [-0.05, 0) is 24.6 Å². The Morgan fingerprint density at radius 2 is 2.10 bits per heavy atom. The third kappa shape index (κ3) is 3.16. The Morgan fingerprint density at radius 3 is 2.71 bits per heavy atom. The molecule has 1 fully saturated rings. The molecule has 1 aromatic carbocycles. The van der Waals surface area contributed by atoms with E-state index in [1.807, 2.05) is 13.0 Å². The highest BCUT2D eigenvalue weighted by Gasteiger charge is 2.43. The highest BCUT2D eigenvalue weighted by Crippen LogP contribution is 2.27. The number of amides is 1. The highest BCUT2D eigenvalue weighted by molar-refractivity contribution is 5.90. The first-order chi connectivity index (χ1) is 9.95. The normalized spacial score (nSPS) is 22.8. The second-order valence-corrected chi connectivity index (χ2v) is 5.08. The van der Waals surface area contributed by atoms with Crippen LogP contribution in [0.2, 0.25) is 0 Å². The summed E-state index contributed by atoms with van der Waals surface area (Å²) in [5.74, 6) is 0. The smallest absolute Gasteiger partial charge is 0.414 e. The van der Waals surface area contributed by atoms with Crippen LogP contribution in [0.4, 0.5) is 10.5 Å². The minimum Gasteiger partial charge on any atom is -0.447 e. The van der Waals surface area contributed by atoms with Gasteiger partial charge in [-0.25, -0.2) is 4.79 Å². The van der Waals surface area contributed by atoms with Gasteiger partial charge in [0.25, 0.3) is 0 Å². The summed E-state index contributed by atoms with van der Waals surface area (Å²) in [5.41, 5.74) is 1.46. The first-order valence-electron chi connectivity index (χ1n) is 6.63. The van der Waals surface area contributed by atoms with Gasteiger partial charge in [0, 0.05) is 5.69 Å². The molecule has 0 saturated carbocycles. The van der Waals surface area contributed by atoms with E-state index in [4.69, 9.17) is 9.84 Å². The molecule has 7 nitrogen and oxygen atoms in total. The van der Waals surface area contributed by atoms with Crippen LogP contribution in [0.3, 0.4) is 0 Å². The first kappa shape index (κ1) is 15.7. The summed E-state index contributed by atoms with van der Waals surface area (Å²) in [6.07, 6.45) is -5.15. The fourth-order valence-corrected chi connectivity index (χ4v) is 2.33. The van der Waals surface area contributed by atoms with Gasteiger partial charge in [-0.2, -0.15) is 0 Å². The van der Waals surface area contributed by atoms with Crippen molar-refractivity contribution in [2.75, 3.05) is 18.1 Å². The summed E-state index contributed by atoms with van der Waals surface area (Å²) in [7, 11) is 0. The van der Waals surface area contributed by atoms with Crippen LogP contribution in [0.5, 0.6) is 0 Å². The van der Waals surface area contributed by atoms with Crippen LogP contribution in [-0.4, -0.2) is 64.1 Å². The molecule has 4 N–H and O–H groups in total. The van der Waals surface area contributed by atoms with Crippen LogP contribution >= 0.6 is 0 Å². The van der Waals surface area contributed by atoms with Gasteiger partial charge < -0.3 is 25.2 Å². The van der Waals surface area contributed by atoms with Crippen LogP contribution in [0, 0.1) is 6.92 Å². The molecule has 1 aliphatic heterocycles. The molecular weight excluding hydrogens is 278 g/mol. The van der Waals surface area contributed by atoms with Gasteiger partial charge in [-0.3, -0.25) is 4.90 Å². The molecule has 0 aromatic heterocycles. The zero-order valence-electron chi connectivity index (χ0n) is 11.6. The zero-order valence-corrected chi connectivity index (χ0v) is 11.6. The summed E-state index contributed by atoms with van der Waals surface area (Å²) in [6, 6.07) is 6.23. The van der Waals surface area contributed by atoms with Crippen molar-refractivity contribution in [1.29, 1.82) is 0 Å².